The third-order valence-corrected chi connectivity index (χ3v) is 15.0. The Morgan fingerprint density at radius 3 is 1.59 bits per heavy atom. The van der Waals surface area contributed by atoms with Gasteiger partial charge in [0.2, 0.25) is 0 Å². The van der Waals surface area contributed by atoms with Crippen LogP contribution in [0.15, 0.2) is 257 Å². The first-order chi connectivity index (χ1) is 35.1. The van der Waals surface area contributed by atoms with Gasteiger partial charge < -0.3 is 13.7 Å². The summed E-state index contributed by atoms with van der Waals surface area (Å²) >= 11 is 0. The molecule has 0 aliphatic heterocycles. The van der Waals surface area contributed by atoms with Crippen molar-refractivity contribution in [2.45, 2.75) is 18.3 Å². The van der Waals surface area contributed by atoms with E-state index in [1.165, 1.54) is 16.8 Å². The molecule has 2 aromatic heterocycles. The molecule has 0 amide bonds. The number of benzene rings is 10. The number of halogens is 1. The summed E-state index contributed by atoms with van der Waals surface area (Å²) in [6.07, 6.45) is 6.26. The van der Waals surface area contributed by atoms with Crippen molar-refractivity contribution in [1.29, 1.82) is 0 Å². The van der Waals surface area contributed by atoms with Crippen LogP contribution in [0.1, 0.15) is 40.7 Å². The van der Waals surface area contributed by atoms with Gasteiger partial charge in [0.05, 0.1) is 5.41 Å². The van der Waals surface area contributed by atoms with Crippen LogP contribution in [0.25, 0.3) is 82.8 Å². The summed E-state index contributed by atoms with van der Waals surface area (Å²) in [4.78, 5) is 2.40. The second kappa shape index (κ2) is 16.3. The third-order valence-electron chi connectivity index (χ3n) is 15.0. The van der Waals surface area contributed by atoms with Crippen LogP contribution in [0.5, 0.6) is 0 Å². The molecule has 14 rings (SSSR count). The fourth-order valence-corrected chi connectivity index (χ4v) is 11.8. The molecule has 0 fully saturated rings. The van der Waals surface area contributed by atoms with Crippen LogP contribution in [0.4, 0.5) is 15.8 Å². The van der Waals surface area contributed by atoms with Gasteiger partial charge in [0.25, 0.3) is 0 Å². The van der Waals surface area contributed by atoms with Gasteiger partial charge in [0.15, 0.2) is 0 Å². The van der Waals surface area contributed by atoms with Gasteiger partial charge in [-0.2, -0.15) is 0 Å². The van der Waals surface area contributed by atoms with E-state index in [0.29, 0.717) is 5.56 Å². The number of allylic oxidation sites excluding steroid dienone is 4. The zero-order valence-electron chi connectivity index (χ0n) is 38.6. The highest BCUT2D eigenvalue weighted by Gasteiger charge is 2.49. The number of para-hydroxylation sites is 4. The second-order valence-electron chi connectivity index (χ2n) is 18.7. The molecular weight excluding hydrogens is 870 g/mol. The fraction of sp³-hybridized carbons (Fsp3) is 0.0448. The van der Waals surface area contributed by atoms with Crippen molar-refractivity contribution in [3.63, 3.8) is 0 Å². The summed E-state index contributed by atoms with van der Waals surface area (Å²) in [6.45, 7) is 0. The minimum absolute atomic E-state index is 0.258. The Morgan fingerprint density at radius 1 is 0.408 bits per heavy atom. The number of nitrogens with zero attached hydrogens (tertiary/aromatic N) is 1. The molecule has 2 aliphatic rings. The Bertz CT molecular complexity index is 4070. The molecule has 0 saturated carbocycles. The number of rotatable bonds is 8. The van der Waals surface area contributed by atoms with Gasteiger partial charge in [-0.3, -0.25) is 0 Å². The van der Waals surface area contributed by atoms with Crippen molar-refractivity contribution < 1.29 is 13.2 Å². The quantitative estimate of drug-likeness (QED) is 0.152. The zero-order valence-corrected chi connectivity index (χ0v) is 38.6. The second-order valence-corrected chi connectivity index (χ2v) is 18.7. The predicted molar refractivity (Wildman–Crippen MR) is 289 cm³/mol. The average Bonchev–Trinajstić information content (AvgIpc) is 4.12. The van der Waals surface area contributed by atoms with E-state index in [-0.39, 0.29) is 5.82 Å². The largest absolute Gasteiger partial charge is 0.455 e. The minimum atomic E-state index is -1.02. The summed E-state index contributed by atoms with van der Waals surface area (Å²) in [5.74, 6) is -0.258. The summed E-state index contributed by atoms with van der Waals surface area (Å²) in [5, 5.41) is 4.30. The van der Waals surface area contributed by atoms with E-state index >= 15 is 4.39 Å². The van der Waals surface area contributed by atoms with Gasteiger partial charge in [-0.25, -0.2) is 4.39 Å². The number of furan rings is 2. The van der Waals surface area contributed by atoms with Gasteiger partial charge in [-0.15, -0.1) is 0 Å². The van der Waals surface area contributed by atoms with Crippen molar-refractivity contribution in [3.8, 4) is 33.4 Å². The predicted octanol–water partition coefficient (Wildman–Crippen LogP) is 18.2. The van der Waals surface area contributed by atoms with Gasteiger partial charge >= 0.3 is 0 Å². The topological polar surface area (TPSA) is 29.5 Å². The Kier molecular flexibility index (Phi) is 9.43. The molecule has 336 valence electrons. The first-order valence-corrected chi connectivity index (χ1v) is 24.4. The molecule has 0 unspecified atom stereocenters. The first kappa shape index (κ1) is 41.0. The molecule has 71 heavy (non-hydrogen) atoms. The van der Waals surface area contributed by atoms with Gasteiger partial charge in [0.1, 0.15) is 28.1 Å². The van der Waals surface area contributed by atoms with E-state index in [0.717, 1.165) is 118 Å². The van der Waals surface area contributed by atoms with Crippen molar-refractivity contribution in [3.05, 3.63) is 282 Å². The van der Waals surface area contributed by atoms with E-state index in [1.807, 2.05) is 48.5 Å². The lowest BCUT2D eigenvalue weighted by molar-refractivity contribution is 0.588. The Labute approximate surface area is 410 Å². The number of hydrogen-bond donors (Lipinski definition) is 0. The summed E-state index contributed by atoms with van der Waals surface area (Å²) in [5.41, 5.74) is 17.5. The molecule has 3 nitrogen and oxygen atoms in total. The maximum Gasteiger partial charge on any atom is 0.143 e. The minimum Gasteiger partial charge on any atom is -0.455 e. The molecule has 4 heteroatoms. The van der Waals surface area contributed by atoms with Crippen LogP contribution >= 0.6 is 0 Å². The lowest BCUT2D eigenvalue weighted by atomic mass is 9.67. The number of hydrogen-bond acceptors (Lipinski definition) is 3. The summed E-state index contributed by atoms with van der Waals surface area (Å²) in [7, 11) is 0. The Morgan fingerprint density at radius 2 is 0.958 bits per heavy atom. The summed E-state index contributed by atoms with van der Waals surface area (Å²) in [6, 6.07) is 80.0. The van der Waals surface area contributed by atoms with Crippen LogP contribution < -0.4 is 4.90 Å². The van der Waals surface area contributed by atoms with Crippen LogP contribution in [0, 0.1) is 5.82 Å². The molecule has 2 aliphatic carbocycles. The molecule has 0 saturated heterocycles. The zero-order chi connectivity index (χ0) is 47.0. The molecular formula is C67H44FNO2. The SMILES string of the molecule is Fc1ccc(-c2cccc3c2oc2ccccc23)c2c1C(c1ccccc1)(c1ccccc1)c1cc(N(C3=CC=C(c4ccccc4)CC3)c3ccc(-c4cccc5c4oc4ccccc45)cc3)ccc1-2. The number of anilines is 2. The maximum atomic E-state index is 17.8. The Hall–Kier alpha value is -8.99. The molecule has 12 aromatic rings. The van der Waals surface area contributed by atoms with Crippen LogP contribution in [0.3, 0.4) is 0 Å². The average molecular weight is 914 g/mol. The number of fused-ring (bicyclic) bond motifs is 9. The normalized spacial score (nSPS) is 13.9. The maximum absolute atomic E-state index is 17.8. The van der Waals surface area contributed by atoms with E-state index < -0.39 is 5.41 Å². The van der Waals surface area contributed by atoms with Gasteiger partial charge in [-0.1, -0.05) is 194 Å². The molecule has 2 heterocycles. The lowest BCUT2D eigenvalue weighted by Gasteiger charge is -2.35. The highest BCUT2D eigenvalue weighted by atomic mass is 19.1. The third kappa shape index (κ3) is 6.34. The molecule has 0 radical (unpaired) electrons. The highest BCUT2D eigenvalue weighted by molar-refractivity contribution is 6.12. The molecule has 0 atom stereocenters. The Balaban J connectivity index is 1.00. The monoisotopic (exact) mass is 913 g/mol. The molecule has 0 N–H and O–H groups in total. The lowest BCUT2D eigenvalue weighted by Crippen LogP contribution is -2.30. The van der Waals surface area contributed by atoms with Crippen LogP contribution in [-0.2, 0) is 5.41 Å². The fourth-order valence-electron chi connectivity index (χ4n) is 11.8. The smallest absolute Gasteiger partial charge is 0.143 e. The van der Waals surface area contributed by atoms with Gasteiger partial charge in [0, 0.05) is 55.3 Å². The molecule has 0 bridgehead atoms. The van der Waals surface area contributed by atoms with Crippen molar-refractivity contribution >= 4 is 60.8 Å². The van der Waals surface area contributed by atoms with E-state index in [2.05, 4.69) is 193 Å². The van der Waals surface area contributed by atoms with Crippen molar-refractivity contribution in [2.24, 2.45) is 0 Å². The van der Waals surface area contributed by atoms with Crippen LogP contribution in [0.2, 0.25) is 0 Å². The standard InChI is InChI=1S/C67H44FNO2/c68-60-41-40-54(57-27-15-26-56-53-23-11-13-29-62(53)71-66(56)57)63-58-39-38-50(42-59(58)67(64(60)63,46-18-6-2-7-19-46)47-20-8-3-9-21-47)69(48-34-30-44(31-35-48)43-16-4-1-5-17-43)49-36-32-45(33-37-49)51-24-14-25-55-52-22-10-12-28-61(52)70-65(51)55/h1-30,32-34,36-42H,31,35H2. The van der Waals surface area contributed by atoms with E-state index in [4.69, 9.17) is 8.83 Å². The van der Waals surface area contributed by atoms with Crippen molar-refractivity contribution in [2.75, 3.05) is 4.90 Å². The van der Waals surface area contributed by atoms with E-state index in [1.54, 1.807) is 6.07 Å². The molecule has 0 spiro atoms. The highest BCUT2D eigenvalue weighted by Crippen LogP contribution is 2.60. The first-order valence-electron chi connectivity index (χ1n) is 24.4. The summed E-state index contributed by atoms with van der Waals surface area (Å²) < 4.78 is 31.0. The van der Waals surface area contributed by atoms with Crippen molar-refractivity contribution in [1.82, 2.24) is 0 Å². The molecule has 10 aromatic carbocycles. The van der Waals surface area contributed by atoms with E-state index in [9.17, 15) is 0 Å². The van der Waals surface area contributed by atoms with Crippen LogP contribution in [-0.4, -0.2) is 0 Å². The van der Waals surface area contributed by atoms with Gasteiger partial charge in [-0.05, 0) is 111 Å².